The van der Waals surface area contributed by atoms with Gasteiger partial charge < -0.3 is 0 Å². The molecule has 0 atom stereocenters. The summed E-state index contributed by atoms with van der Waals surface area (Å²) in [6.45, 7) is 6.38. The highest BCUT2D eigenvalue weighted by Crippen LogP contribution is 2.09. The Morgan fingerprint density at radius 1 is 1.10 bits per heavy atom. The molecule has 1 aromatic rings. The van der Waals surface area contributed by atoms with E-state index in [1.54, 1.807) is 12.1 Å². The van der Waals surface area contributed by atoms with Crippen molar-refractivity contribution in [2.45, 2.75) is 51.9 Å². The van der Waals surface area contributed by atoms with Crippen molar-refractivity contribution in [2.75, 3.05) is 6.61 Å². The molecule has 0 saturated heterocycles. The number of hydrogen-bond donors (Lipinski definition) is 0. The maximum atomic E-state index is 11.7. The van der Waals surface area contributed by atoms with Gasteiger partial charge in [-0.05, 0) is 37.0 Å². The molecule has 0 aromatic heterocycles. The van der Waals surface area contributed by atoms with Crippen molar-refractivity contribution in [2.24, 2.45) is 0 Å². The summed E-state index contributed by atoms with van der Waals surface area (Å²) in [6, 6.07) is 7.53. The number of carbonyl (C=O) groups excluding carboxylic acids is 1. The first-order valence-corrected chi connectivity index (χ1v) is 7.50. The van der Waals surface area contributed by atoms with Crippen LogP contribution in [0.2, 0.25) is 0 Å². The minimum atomic E-state index is -0.427. The molecule has 111 valence electrons. The van der Waals surface area contributed by atoms with Gasteiger partial charge in [0.25, 0.3) is 0 Å². The number of hydrogen-bond acceptors (Lipinski definition) is 3. The first-order chi connectivity index (χ1) is 9.77. The minimum absolute atomic E-state index is 0.427. The molecule has 0 aliphatic rings. The number of benzene rings is 1. The minimum Gasteiger partial charge on any atom is -0.293 e. The molecule has 1 rings (SSSR count). The molecule has 3 heteroatoms. The van der Waals surface area contributed by atoms with Crippen LogP contribution in [0.4, 0.5) is 0 Å². The van der Waals surface area contributed by atoms with E-state index in [0.29, 0.717) is 12.2 Å². The zero-order valence-corrected chi connectivity index (χ0v) is 12.4. The van der Waals surface area contributed by atoms with E-state index >= 15 is 0 Å². The Morgan fingerprint density at radius 2 is 1.85 bits per heavy atom. The summed E-state index contributed by atoms with van der Waals surface area (Å²) in [5, 5.41) is 0. The van der Waals surface area contributed by atoms with Crippen LogP contribution in [-0.4, -0.2) is 12.6 Å². The number of carbonyl (C=O) groups is 1. The Balaban J connectivity index is 2.25. The van der Waals surface area contributed by atoms with E-state index < -0.39 is 5.97 Å². The van der Waals surface area contributed by atoms with Crippen molar-refractivity contribution < 1.29 is 14.6 Å². The zero-order chi connectivity index (χ0) is 14.6. The van der Waals surface area contributed by atoms with Crippen molar-refractivity contribution in [3.8, 4) is 0 Å². The van der Waals surface area contributed by atoms with Gasteiger partial charge in [0, 0.05) is 0 Å². The fraction of sp³-hybridized carbons (Fsp3) is 0.529. The van der Waals surface area contributed by atoms with E-state index in [4.69, 9.17) is 9.78 Å². The molecule has 0 fully saturated rings. The van der Waals surface area contributed by atoms with Crippen LogP contribution in [-0.2, 0) is 16.2 Å². The molecule has 0 N–H and O–H groups in total. The van der Waals surface area contributed by atoms with Crippen LogP contribution < -0.4 is 0 Å². The van der Waals surface area contributed by atoms with Crippen LogP contribution in [0.15, 0.2) is 24.3 Å². The zero-order valence-electron chi connectivity index (χ0n) is 12.4. The van der Waals surface area contributed by atoms with Gasteiger partial charge in [0.1, 0.15) is 0 Å². The van der Waals surface area contributed by atoms with Crippen LogP contribution in [0, 0.1) is 6.92 Å². The molecule has 0 spiro atoms. The van der Waals surface area contributed by atoms with Gasteiger partial charge in [0.2, 0.25) is 0 Å². The van der Waals surface area contributed by atoms with Gasteiger partial charge in [-0.1, -0.05) is 51.7 Å². The molecule has 0 bridgehead atoms. The lowest BCUT2D eigenvalue weighted by molar-refractivity contribution is -0.241. The highest BCUT2D eigenvalue weighted by molar-refractivity contribution is 5.88. The predicted molar refractivity (Wildman–Crippen MR) is 80.2 cm³/mol. The first kappa shape index (κ1) is 16.7. The Labute approximate surface area is 122 Å². The van der Waals surface area contributed by atoms with Gasteiger partial charge in [-0.3, -0.25) is 4.89 Å². The third kappa shape index (κ3) is 6.71. The molecule has 0 heterocycles. The average Bonchev–Trinajstić information content (AvgIpc) is 2.49. The van der Waals surface area contributed by atoms with Gasteiger partial charge in [-0.2, -0.15) is 4.89 Å². The molecule has 0 unspecified atom stereocenters. The summed E-state index contributed by atoms with van der Waals surface area (Å²) in [4.78, 5) is 21.4. The van der Waals surface area contributed by atoms with Crippen molar-refractivity contribution in [3.05, 3.63) is 42.3 Å². The second-order valence-corrected chi connectivity index (χ2v) is 4.91. The van der Waals surface area contributed by atoms with E-state index in [2.05, 4.69) is 13.8 Å². The van der Waals surface area contributed by atoms with Gasteiger partial charge in [-0.15, -0.1) is 0 Å². The molecule has 20 heavy (non-hydrogen) atoms. The van der Waals surface area contributed by atoms with Crippen LogP contribution in [0.5, 0.6) is 0 Å². The summed E-state index contributed by atoms with van der Waals surface area (Å²) in [7, 11) is 0. The van der Waals surface area contributed by atoms with Crippen LogP contribution in [0.3, 0.4) is 0 Å². The van der Waals surface area contributed by atoms with E-state index in [-0.39, 0.29) is 0 Å². The summed E-state index contributed by atoms with van der Waals surface area (Å²) >= 11 is 0. The lowest BCUT2D eigenvalue weighted by Crippen LogP contribution is -2.07. The lowest BCUT2D eigenvalue weighted by Gasteiger charge is -2.05. The normalized spacial score (nSPS) is 10.5. The molecule has 0 amide bonds. The third-order valence-corrected chi connectivity index (χ3v) is 3.12. The smallest absolute Gasteiger partial charge is 0.293 e. The second kappa shape index (κ2) is 10.4. The Hall–Kier alpha value is -1.35. The molecular formula is C17H25O3. The fourth-order valence-corrected chi connectivity index (χ4v) is 1.85. The molecule has 1 aromatic carbocycles. The van der Waals surface area contributed by atoms with Gasteiger partial charge in [0.05, 0.1) is 12.2 Å². The third-order valence-electron chi connectivity index (χ3n) is 3.12. The van der Waals surface area contributed by atoms with E-state index in [1.807, 2.05) is 12.1 Å². The van der Waals surface area contributed by atoms with Crippen LogP contribution >= 0.6 is 0 Å². The van der Waals surface area contributed by atoms with Gasteiger partial charge in [-0.25, -0.2) is 4.79 Å². The number of rotatable bonds is 10. The van der Waals surface area contributed by atoms with Crippen molar-refractivity contribution in [3.63, 3.8) is 0 Å². The standard InChI is InChI=1S/C17H25O3/c1-3-5-7-8-14-19-20-17(18)16-12-10-15(11-13-16)9-6-4-2/h10-13H,1,3-9,14H2,2H3. The molecule has 0 aliphatic heterocycles. The largest absolute Gasteiger partial charge is 0.373 e. The van der Waals surface area contributed by atoms with Crippen molar-refractivity contribution >= 4 is 5.97 Å². The SMILES string of the molecule is [CH2]CCCCCOOC(=O)c1ccc(CCCC)cc1. The summed E-state index contributed by atoms with van der Waals surface area (Å²) < 4.78 is 0. The van der Waals surface area contributed by atoms with Crippen LogP contribution in [0.1, 0.15) is 61.4 Å². The topological polar surface area (TPSA) is 35.5 Å². The number of unbranched alkanes of at least 4 members (excludes halogenated alkanes) is 4. The monoisotopic (exact) mass is 277 g/mol. The van der Waals surface area contributed by atoms with Gasteiger partial charge >= 0.3 is 5.97 Å². The maximum Gasteiger partial charge on any atom is 0.373 e. The second-order valence-electron chi connectivity index (χ2n) is 4.91. The predicted octanol–water partition coefficient (Wildman–Crippen LogP) is 4.51. The Morgan fingerprint density at radius 3 is 2.50 bits per heavy atom. The molecular weight excluding hydrogens is 252 g/mol. The molecule has 0 aliphatic carbocycles. The highest BCUT2D eigenvalue weighted by atomic mass is 17.2. The van der Waals surface area contributed by atoms with Crippen molar-refractivity contribution in [1.82, 2.24) is 0 Å². The summed E-state index contributed by atoms with van der Waals surface area (Å²) in [5.41, 5.74) is 1.78. The molecule has 0 saturated carbocycles. The quantitative estimate of drug-likeness (QED) is 0.358. The maximum absolute atomic E-state index is 11.7. The lowest BCUT2D eigenvalue weighted by atomic mass is 10.1. The first-order valence-electron chi connectivity index (χ1n) is 7.50. The Bertz CT molecular complexity index is 370. The van der Waals surface area contributed by atoms with Crippen molar-refractivity contribution in [1.29, 1.82) is 0 Å². The molecule has 1 radical (unpaired) electrons. The van der Waals surface area contributed by atoms with E-state index in [1.165, 1.54) is 18.4 Å². The average molecular weight is 277 g/mol. The van der Waals surface area contributed by atoms with Gasteiger partial charge in [0.15, 0.2) is 0 Å². The fourth-order valence-electron chi connectivity index (χ4n) is 1.85. The van der Waals surface area contributed by atoms with Crippen LogP contribution in [0.25, 0.3) is 0 Å². The van der Waals surface area contributed by atoms with E-state index in [0.717, 1.165) is 32.1 Å². The summed E-state index contributed by atoms with van der Waals surface area (Å²) in [6.07, 6.45) is 7.34. The molecule has 3 nitrogen and oxygen atoms in total. The highest BCUT2D eigenvalue weighted by Gasteiger charge is 2.07. The summed E-state index contributed by atoms with van der Waals surface area (Å²) in [5.74, 6) is -0.427. The Kier molecular flexibility index (Phi) is 8.72. The van der Waals surface area contributed by atoms with E-state index in [9.17, 15) is 4.79 Å². The number of aryl methyl sites for hydroxylation is 1.